The molecule has 0 aliphatic rings. The van der Waals surface area contributed by atoms with Crippen molar-refractivity contribution in [3.05, 3.63) is 364 Å². The van der Waals surface area contributed by atoms with E-state index in [2.05, 4.69) is 392 Å². The maximum absolute atomic E-state index is 2.36. The predicted molar refractivity (Wildman–Crippen MR) is 386 cm³/mol. The van der Waals surface area contributed by atoms with Gasteiger partial charge in [0.15, 0.2) is 0 Å². The molecule has 90 heavy (non-hydrogen) atoms. The number of hydrogen-bond donors (Lipinski definition) is 0. The molecule has 15 aromatic carbocycles. The second-order valence-corrected chi connectivity index (χ2v) is 22.6. The minimum atomic E-state index is 1.12. The molecule has 4 nitrogen and oxygen atoms in total. The first kappa shape index (κ1) is 56.1. The summed E-state index contributed by atoms with van der Waals surface area (Å²) in [4.78, 5) is 9.19. The largest absolute Gasteiger partial charge is 0.345 e. The van der Waals surface area contributed by atoms with Crippen molar-refractivity contribution in [1.82, 2.24) is 0 Å². The third-order valence-electron chi connectivity index (χ3n) is 17.2. The minimum Gasteiger partial charge on any atom is -0.345 e. The summed E-state index contributed by atoms with van der Waals surface area (Å²) in [6.45, 7) is 0. The Morgan fingerprint density at radius 2 is 0.378 bits per heavy atom. The van der Waals surface area contributed by atoms with Crippen LogP contribution in [-0.4, -0.2) is 14.1 Å². The van der Waals surface area contributed by atoms with Crippen LogP contribution in [-0.2, 0) is 0 Å². The summed E-state index contributed by atoms with van der Waals surface area (Å²) in [7, 11) is 4.24. The topological polar surface area (TPSA) is 13.0 Å². The van der Waals surface area contributed by atoms with Gasteiger partial charge in [-0.25, -0.2) is 0 Å². The molecule has 0 atom stereocenters. The van der Waals surface area contributed by atoms with E-state index in [1.807, 2.05) is 6.07 Å². The van der Waals surface area contributed by atoms with Crippen molar-refractivity contribution < 1.29 is 0 Å². The van der Waals surface area contributed by atoms with Gasteiger partial charge < -0.3 is 19.6 Å². The fraction of sp³-hybridized carbons (Fsp3) is 0.0233. The van der Waals surface area contributed by atoms with Crippen LogP contribution < -0.4 is 19.6 Å². The Bertz CT molecular complexity index is 4840. The van der Waals surface area contributed by atoms with Gasteiger partial charge in [-0.2, -0.15) is 0 Å². The zero-order valence-corrected chi connectivity index (χ0v) is 50.4. The summed E-state index contributed by atoms with van der Waals surface area (Å²) >= 11 is 0. The summed E-state index contributed by atoms with van der Waals surface area (Å²) in [6.07, 6.45) is 0. The highest BCUT2D eigenvalue weighted by atomic mass is 15.2. The van der Waals surface area contributed by atoms with Crippen molar-refractivity contribution in [2.75, 3.05) is 33.7 Å². The predicted octanol–water partition coefficient (Wildman–Crippen LogP) is 24.0. The molecule has 0 bridgehead atoms. The van der Waals surface area contributed by atoms with E-state index in [9.17, 15) is 0 Å². The smallest absolute Gasteiger partial charge is 0.0540 e. The van der Waals surface area contributed by atoms with Crippen LogP contribution in [0.15, 0.2) is 364 Å². The van der Waals surface area contributed by atoms with Crippen LogP contribution in [0, 0.1) is 0 Å². The van der Waals surface area contributed by atoms with Crippen LogP contribution >= 0.6 is 0 Å². The number of anilines is 10. The molecule has 0 amide bonds. The highest BCUT2D eigenvalue weighted by molar-refractivity contribution is 6.01. The Morgan fingerprint density at radius 3 is 0.711 bits per heavy atom. The third-order valence-corrected chi connectivity index (χ3v) is 17.2. The van der Waals surface area contributed by atoms with E-state index in [-0.39, 0.29) is 0 Å². The van der Waals surface area contributed by atoms with E-state index in [0.717, 1.165) is 45.5 Å². The van der Waals surface area contributed by atoms with Gasteiger partial charge in [-0.3, -0.25) is 0 Å². The molecule has 0 saturated carbocycles. The normalized spacial score (nSPS) is 11.0. The van der Waals surface area contributed by atoms with Crippen LogP contribution in [0.2, 0.25) is 0 Å². The third kappa shape index (κ3) is 11.8. The van der Waals surface area contributed by atoms with Crippen LogP contribution in [0.5, 0.6) is 0 Å². The highest BCUT2D eigenvalue weighted by Gasteiger charge is 2.19. The van der Waals surface area contributed by atoms with Gasteiger partial charge in [0.25, 0.3) is 0 Å². The summed E-state index contributed by atoms with van der Waals surface area (Å²) in [5.74, 6) is 0. The van der Waals surface area contributed by atoms with Gasteiger partial charge in [0.05, 0.1) is 11.4 Å². The summed E-state index contributed by atoms with van der Waals surface area (Å²) in [5, 5.41) is 7.39. The first-order chi connectivity index (χ1) is 44.5. The van der Waals surface area contributed by atoms with Crippen LogP contribution in [0.25, 0.3) is 76.8 Å². The van der Waals surface area contributed by atoms with Gasteiger partial charge in [-0.05, 0) is 164 Å². The molecule has 0 aliphatic heterocycles. The number of para-hydroxylation sites is 1. The molecule has 0 spiro atoms. The Balaban J connectivity index is 0.000000158. The van der Waals surface area contributed by atoms with E-state index < -0.39 is 0 Å². The first-order valence-corrected chi connectivity index (χ1v) is 30.8. The lowest BCUT2D eigenvalue weighted by atomic mass is 10.0. The number of nitrogens with zero attached hydrogens (tertiary/aromatic N) is 4. The van der Waals surface area contributed by atoms with Crippen molar-refractivity contribution >= 4 is 89.2 Å². The average molecular weight is 1160 g/mol. The second kappa shape index (κ2) is 25.7. The minimum absolute atomic E-state index is 1.12. The molecule has 0 aliphatic carbocycles. The molecule has 0 N–H and O–H groups in total. The fourth-order valence-electron chi connectivity index (χ4n) is 12.3. The molecule has 0 aromatic heterocycles. The molecule has 430 valence electrons. The van der Waals surface area contributed by atoms with Gasteiger partial charge >= 0.3 is 0 Å². The Morgan fingerprint density at radius 1 is 0.156 bits per heavy atom. The monoisotopic (exact) mass is 1150 g/mol. The lowest BCUT2D eigenvalue weighted by Gasteiger charge is -2.27. The van der Waals surface area contributed by atoms with Crippen molar-refractivity contribution in [1.29, 1.82) is 0 Å². The van der Waals surface area contributed by atoms with Gasteiger partial charge in [0, 0.05) is 75.8 Å². The van der Waals surface area contributed by atoms with E-state index >= 15 is 0 Å². The van der Waals surface area contributed by atoms with Gasteiger partial charge in [-0.1, -0.05) is 261 Å². The summed E-state index contributed by atoms with van der Waals surface area (Å²) in [6, 6.07) is 130. The first-order valence-electron chi connectivity index (χ1n) is 30.8. The zero-order chi connectivity index (χ0) is 60.6. The Labute approximate surface area is 528 Å². The molecule has 0 heterocycles. The van der Waals surface area contributed by atoms with E-state index in [4.69, 9.17) is 0 Å². The maximum atomic E-state index is 2.36. The Hall–Kier alpha value is -11.7. The molecule has 0 fully saturated rings. The highest BCUT2D eigenvalue weighted by Crippen LogP contribution is 2.43. The summed E-state index contributed by atoms with van der Waals surface area (Å²) < 4.78 is 0. The van der Waals surface area contributed by atoms with Gasteiger partial charge in [-0.15, -0.1) is 0 Å². The summed E-state index contributed by atoms with van der Waals surface area (Å²) in [5.41, 5.74) is 21.1. The van der Waals surface area contributed by atoms with E-state index in [1.54, 1.807) is 0 Å². The molecular formula is C86H66N4. The molecule has 0 unspecified atom stereocenters. The van der Waals surface area contributed by atoms with Crippen LogP contribution in [0.3, 0.4) is 0 Å². The average Bonchev–Trinajstić information content (AvgIpc) is 1.07. The maximum Gasteiger partial charge on any atom is 0.0540 e. The van der Waals surface area contributed by atoms with Crippen molar-refractivity contribution in [3.63, 3.8) is 0 Å². The lowest BCUT2D eigenvalue weighted by molar-refractivity contribution is 1.21. The number of hydrogen-bond acceptors (Lipinski definition) is 4. The second-order valence-electron chi connectivity index (χ2n) is 22.6. The lowest BCUT2D eigenvalue weighted by Crippen LogP contribution is -2.10. The van der Waals surface area contributed by atoms with Crippen molar-refractivity contribution in [2.24, 2.45) is 0 Å². The standard InChI is InChI=1S/C45H34N2.C41H32N2/c1-46(44-19-9-15-37-13-5-7-17-42(37)44)39-27-21-35(22-28-39)36-25-31-41(32-26-36)47(45-20-10-16-38-14-6-8-18-43(38)45)40-29-23-34(24-30-40)33-11-3-2-4-12-33;1-42(36-15-6-3-7-16-36)37-25-19-33(20-26-37)34-23-29-39(30-24-34)43(41-18-10-14-35-13-8-9-17-40(35)41)38-27-21-32(22-28-38)31-11-4-2-5-12-31/h2-32H,1H3;2-30H,1H3. The van der Waals surface area contributed by atoms with Crippen LogP contribution in [0.4, 0.5) is 56.9 Å². The van der Waals surface area contributed by atoms with E-state index in [0.29, 0.717) is 0 Å². The molecular weight excluding hydrogens is 1090 g/mol. The Kier molecular flexibility index (Phi) is 16.0. The van der Waals surface area contributed by atoms with Crippen molar-refractivity contribution in [2.45, 2.75) is 0 Å². The fourth-order valence-corrected chi connectivity index (χ4v) is 12.3. The number of benzene rings is 15. The molecule has 15 aromatic rings. The number of rotatable bonds is 14. The number of fused-ring (bicyclic) bond motifs is 3. The molecule has 0 saturated heterocycles. The molecule has 4 heteroatoms. The van der Waals surface area contributed by atoms with Crippen molar-refractivity contribution in [3.8, 4) is 44.5 Å². The SMILES string of the molecule is CN(c1ccc(-c2ccc(N(c3ccc(-c4ccccc4)cc3)c3cccc4ccccc34)cc2)cc1)c1cccc2ccccc12.CN(c1ccccc1)c1ccc(-c2ccc(N(c3ccc(-c4ccccc4)cc3)c3cccc4ccccc34)cc2)cc1. The molecule has 15 rings (SSSR count). The van der Waals surface area contributed by atoms with Gasteiger partial charge in [0.2, 0.25) is 0 Å². The zero-order valence-electron chi connectivity index (χ0n) is 50.4. The molecule has 0 radical (unpaired) electrons. The van der Waals surface area contributed by atoms with Gasteiger partial charge in [0.1, 0.15) is 0 Å². The van der Waals surface area contributed by atoms with Crippen LogP contribution in [0.1, 0.15) is 0 Å². The quantitative estimate of drug-likeness (QED) is 0.108. The van der Waals surface area contributed by atoms with E-state index in [1.165, 1.54) is 88.2 Å².